The molecule has 0 spiro atoms. The predicted molar refractivity (Wildman–Crippen MR) is 168 cm³/mol. The molecular weight excluding hydrogens is 645 g/mol. The molecule has 1 N–H and O–H groups in total. The Morgan fingerprint density at radius 2 is 1.74 bits per heavy atom. The van der Waals surface area contributed by atoms with Crippen molar-refractivity contribution in [2.24, 2.45) is 0 Å². The molecule has 0 saturated heterocycles. The molecule has 47 heavy (non-hydrogen) atoms. The number of hydrogen-bond acceptors (Lipinski definition) is 8. The third-order valence-corrected chi connectivity index (χ3v) is 6.89. The van der Waals surface area contributed by atoms with Gasteiger partial charge >= 0.3 is 12.1 Å². The Morgan fingerprint density at radius 3 is 2.40 bits per heavy atom. The molecule has 15 heteroatoms. The molecule has 11 nitrogen and oxygen atoms in total. The van der Waals surface area contributed by atoms with Crippen LogP contribution in [0.2, 0.25) is 5.02 Å². The Morgan fingerprint density at radius 1 is 1.02 bits per heavy atom. The van der Waals surface area contributed by atoms with Crippen molar-refractivity contribution in [3.05, 3.63) is 76.1 Å². The Bertz CT molecular complexity index is 1820. The van der Waals surface area contributed by atoms with E-state index in [0.29, 0.717) is 11.3 Å². The van der Waals surface area contributed by atoms with Crippen molar-refractivity contribution in [1.29, 1.82) is 0 Å². The van der Waals surface area contributed by atoms with Crippen molar-refractivity contribution in [3.8, 4) is 22.6 Å². The third kappa shape index (κ3) is 9.26. The van der Waals surface area contributed by atoms with Crippen LogP contribution in [0.3, 0.4) is 0 Å². The molecule has 0 saturated carbocycles. The molecule has 3 aromatic heterocycles. The number of halogens is 4. The van der Waals surface area contributed by atoms with Crippen LogP contribution in [0.25, 0.3) is 16.8 Å². The summed E-state index contributed by atoms with van der Waals surface area (Å²) < 4.78 is 63.0. The minimum absolute atomic E-state index is 0.0724. The topological polar surface area (TPSA) is 122 Å². The van der Waals surface area contributed by atoms with Crippen molar-refractivity contribution >= 4 is 34.8 Å². The number of alkyl halides is 3. The normalized spacial score (nSPS) is 12.5. The number of ether oxygens (including phenoxy) is 4. The highest BCUT2D eigenvalue weighted by Gasteiger charge is 2.30. The first kappa shape index (κ1) is 35.3. The molecular formula is C32H34ClF3N4O7. The van der Waals surface area contributed by atoms with Crippen molar-refractivity contribution in [2.75, 3.05) is 32.2 Å². The maximum absolute atomic E-state index is 13.8. The molecule has 252 valence electrons. The molecule has 4 aromatic rings. The number of nitrogens with one attached hydrogen (secondary N) is 1. The van der Waals surface area contributed by atoms with E-state index in [4.69, 9.17) is 30.5 Å². The number of hydrogen-bond donors (Lipinski definition) is 1. The van der Waals surface area contributed by atoms with Gasteiger partial charge < -0.3 is 28.7 Å². The number of anilines is 1. The second-order valence-electron chi connectivity index (χ2n) is 11.3. The largest absolute Gasteiger partial charge is 0.495 e. The van der Waals surface area contributed by atoms with Gasteiger partial charge in [0.1, 0.15) is 23.2 Å². The number of imidazole rings is 1. The zero-order valence-corrected chi connectivity index (χ0v) is 27.1. The number of methoxy groups -OCH3 is 1. The highest BCUT2D eigenvalue weighted by Crippen LogP contribution is 2.38. The van der Waals surface area contributed by atoms with Gasteiger partial charge in [0.05, 0.1) is 31.2 Å². The fourth-order valence-corrected chi connectivity index (χ4v) is 4.78. The third-order valence-electron chi connectivity index (χ3n) is 6.66. The van der Waals surface area contributed by atoms with Crippen LogP contribution in [-0.2, 0) is 14.3 Å². The smallest absolute Gasteiger partial charge is 0.422 e. The minimum atomic E-state index is -4.61. The van der Waals surface area contributed by atoms with Crippen LogP contribution in [0.15, 0.2) is 59.8 Å². The van der Waals surface area contributed by atoms with Gasteiger partial charge in [-0.2, -0.15) is 13.2 Å². The van der Waals surface area contributed by atoms with E-state index in [0.717, 1.165) is 6.07 Å². The van der Waals surface area contributed by atoms with E-state index >= 15 is 0 Å². The number of rotatable bonds is 12. The molecule has 3 heterocycles. The molecule has 0 aliphatic heterocycles. The lowest BCUT2D eigenvalue weighted by Crippen LogP contribution is -2.34. The molecule has 0 aliphatic carbocycles. The van der Waals surface area contributed by atoms with Gasteiger partial charge in [-0.15, -0.1) is 0 Å². The van der Waals surface area contributed by atoms with Gasteiger partial charge in [0.25, 0.3) is 5.56 Å². The van der Waals surface area contributed by atoms with E-state index in [1.54, 1.807) is 29.7 Å². The fourth-order valence-electron chi connectivity index (χ4n) is 4.61. The lowest BCUT2D eigenvalue weighted by molar-refractivity contribution is -0.153. The van der Waals surface area contributed by atoms with E-state index in [9.17, 15) is 27.6 Å². The lowest BCUT2D eigenvalue weighted by atomic mass is 10.0. The quantitative estimate of drug-likeness (QED) is 0.173. The highest BCUT2D eigenvalue weighted by atomic mass is 35.5. The average Bonchev–Trinajstić information content (AvgIpc) is 3.42. The summed E-state index contributed by atoms with van der Waals surface area (Å²) in [7, 11) is 1.32. The van der Waals surface area contributed by atoms with Gasteiger partial charge in [0.15, 0.2) is 12.3 Å². The van der Waals surface area contributed by atoms with Crippen LogP contribution in [0.5, 0.6) is 11.5 Å². The Hall–Kier alpha value is -4.56. The monoisotopic (exact) mass is 678 g/mol. The number of carbonyl (C=O) groups is 2. The number of pyridine rings is 2. The van der Waals surface area contributed by atoms with Gasteiger partial charge in [0.2, 0.25) is 5.91 Å². The number of nitrogens with zero attached hydrogens (tertiary/aromatic N) is 3. The molecule has 1 aromatic carbocycles. The van der Waals surface area contributed by atoms with Crippen LogP contribution in [0.4, 0.5) is 18.9 Å². The molecule has 1 unspecified atom stereocenters. The summed E-state index contributed by atoms with van der Waals surface area (Å²) in [5.74, 6) is -1.25. The SMILES string of the molecule is CCOC(=O)c1cn2cc(NC(=O)C(CCOC(C)(C)C)n3cc(OC)c(-c4cc(Cl)ccc4OCC(F)(F)F)cc3=O)ccc2n1. The summed E-state index contributed by atoms with van der Waals surface area (Å²) in [4.78, 5) is 43.7. The maximum atomic E-state index is 13.8. The number of carbonyl (C=O) groups excluding carboxylic acids is 2. The molecule has 1 amide bonds. The first-order valence-corrected chi connectivity index (χ1v) is 14.9. The first-order chi connectivity index (χ1) is 22.1. The average molecular weight is 679 g/mol. The van der Waals surface area contributed by atoms with E-state index < -0.39 is 41.9 Å². The number of amides is 1. The molecule has 0 bridgehead atoms. The minimum Gasteiger partial charge on any atom is -0.495 e. The van der Waals surface area contributed by atoms with Crippen molar-refractivity contribution in [3.63, 3.8) is 0 Å². The molecule has 0 radical (unpaired) electrons. The second kappa shape index (κ2) is 14.5. The first-order valence-electron chi connectivity index (χ1n) is 14.5. The summed E-state index contributed by atoms with van der Waals surface area (Å²) >= 11 is 6.16. The van der Waals surface area contributed by atoms with Gasteiger partial charge in [-0.25, -0.2) is 9.78 Å². The summed E-state index contributed by atoms with van der Waals surface area (Å²) in [6, 6.07) is 7.21. The van der Waals surface area contributed by atoms with Gasteiger partial charge in [-0.1, -0.05) is 11.6 Å². The van der Waals surface area contributed by atoms with Gasteiger partial charge in [0, 0.05) is 47.6 Å². The maximum Gasteiger partial charge on any atom is 0.422 e. The summed E-state index contributed by atoms with van der Waals surface area (Å²) in [6.45, 7) is 5.95. The number of fused-ring (bicyclic) bond motifs is 1. The summed E-state index contributed by atoms with van der Waals surface area (Å²) in [6.07, 6.45) is -0.208. The molecule has 0 fully saturated rings. The predicted octanol–water partition coefficient (Wildman–Crippen LogP) is 6.33. The van der Waals surface area contributed by atoms with Crippen molar-refractivity contribution in [2.45, 2.75) is 51.9 Å². The van der Waals surface area contributed by atoms with Gasteiger partial charge in [-0.05, 0) is 58.0 Å². The lowest BCUT2D eigenvalue weighted by Gasteiger charge is -2.24. The van der Waals surface area contributed by atoms with Crippen LogP contribution >= 0.6 is 11.6 Å². The second-order valence-corrected chi connectivity index (χ2v) is 11.8. The van der Waals surface area contributed by atoms with E-state index in [2.05, 4.69) is 10.3 Å². The zero-order chi connectivity index (χ0) is 34.5. The number of esters is 1. The van der Waals surface area contributed by atoms with E-state index in [1.165, 1.54) is 42.3 Å². The molecule has 1 atom stereocenters. The summed E-state index contributed by atoms with van der Waals surface area (Å²) in [5, 5.41) is 2.99. The van der Waals surface area contributed by atoms with E-state index in [-0.39, 0.29) is 53.0 Å². The Balaban J connectivity index is 1.71. The Labute approximate surface area is 273 Å². The van der Waals surface area contributed by atoms with Crippen LogP contribution < -0.4 is 20.3 Å². The number of benzene rings is 1. The summed E-state index contributed by atoms with van der Waals surface area (Å²) in [5.41, 5.74) is -0.0927. The fraction of sp³-hybridized carbons (Fsp3) is 0.375. The van der Waals surface area contributed by atoms with Crippen LogP contribution in [0, 0.1) is 0 Å². The highest BCUT2D eigenvalue weighted by molar-refractivity contribution is 6.31. The molecule has 0 aliphatic rings. The van der Waals surface area contributed by atoms with Gasteiger partial charge in [-0.3, -0.25) is 14.2 Å². The van der Waals surface area contributed by atoms with Crippen molar-refractivity contribution < 1.29 is 41.7 Å². The Kier molecular flexibility index (Phi) is 10.9. The number of aromatic nitrogens is 3. The zero-order valence-electron chi connectivity index (χ0n) is 26.3. The van der Waals surface area contributed by atoms with Crippen molar-refractivity contribution in [1.82, 2.24) is 14.0 Å². The molecule has 4 rings (SSSR count). The van der Waals surface area contributed by atoms with Crippen LogP contribution in [0.1, 0.15) is 50.6 Å². The van der Waals surface area contributed by atoms with E-state index in [1.807, 2.05) is 20.8 Å². The standard InChI is InChI=1S/C32H34ClF3N4O7/c1-6-45-30(43)23-16-39-15-20(8-10-27(39)38-23)37-29(42)24(11-12-47-31(2,3)4)40-17-26(44-5)22(14-28(40)41)21-13-19(33)7-9-25(21)46-18-32(34,35)36/h7-10,13-17,24H,6,11-12,18H2,1-5H3,(H,37,42). The van der Waals surface area contributed by atoms with Crippen LogP contribution in [-0.4, -0.2) is 64.5 Å².